The van der Waals surface area contributed by atoms with Gasteiger partial charge in [0.1, 0.15) is 0 Å². The van der Waals surface area contributed by atoms with Crippen LogP contribution in [-0.4, -0.2) is 48.2 Å². The van der Waals surface area contributed by atoms with E-state index in [1.807, 2.05) is 0 Å². The van der Waals surface area contributed by atoms with Crippen molar-refractivity contribution in [1.29, 1.82) is 0 Å². The number of halogens is 2. The molecule has 4 nitrogen and oxygen atoms in total. The highest BCUT2D eigenvalue weighted by Crippen LogP contribution is 2.23. The number of rotatable bonds is 2. The van der Waals surface area contributed by atoms with Crippen LogP contribution in [0.15, 0.2) is 18.2 Å². The molecule has 18 heavy (non-hydrogen) atoms. The predicted octanol–water partition coefficient (Wildman–Crippen LogP) is 1.40. The van der Waals surface area contributed by atoms with Gasteiger partial charge in [-0.1, -0.05) is 23.2 Å². The van der Waals surface area contributed by atoms with Gasteiger partial charge < -0.3 is 15.3 Å². The van der Waals surface area contributed by atoms with Gasteiger partial charge >= 0.3 is 0 Å². The Kier molecular flexibility index (Phi) is 4.12. The lowest BCUT2D eigenvalue weighted by atomic mass is 10.1. The zero-order valence-corrected chi connectivity index (χ0v) is 11.4. The normalized spacial score (nSPS) is 23.1. The van der Waals surface area contributed by atoms with Crippen LogP contribution >= 0.6 is 23.2 Å². The van der Waals surface area contributed by atoms with Crippen molar-refractivity contribution in [1.82, 2.24) is 10.2 Å². The van der Waals surface area contributed by atoms with Gasteiger partial charge in [0.2, 0.25) is 0 Å². The number of aliphatic hydroxyl groups excluding tert-OH is 1. The summed E-state index contributed by atoms with van der Waals surface area (Å²) in [5.74, 6) is -0.218. The van der Waals surface area contributed by atoms with Crippen LogP contribution in [0.25, 0.3) is 0 Å². The molecule has 1 amide bonds. The SMILES string of the molecule is CN(C(=O)c1ccc(Cl)cc1Cl)[C@H]1CNC[C@@H]1O. The number of likely N-dealkylation sites (N-methyl/N-ethyl adjacent to an activating group) is 1. The minimum absolute atomic E-state index is 0.218. The maximum atomic E-state index is 12.3. The molecule has 0 aromatic heterocycles. The molecule has 1 aromatic rings. The first-order valence-electron chi connectivity index (χ1n) is 5.61. The van der Waals surface area contributed by atoms with Crippen LogP contribution in [0.2, 0.25) is 10.0 Å². The maximum absolute atomic E-state index is 12.3. The quantitative estimate of drug-likeness (QED) is 0.865. The van der Waals surface area contributed by atoms with E-state index in [0.29, 0.717) is 28.7 Å². The van der Waals surface area contributed by atoms with E-state index in [1.165, 1.54) is 11.0 Å². The number of hydrogen-bond acceptors (Lipinski definition) is 3. The molecule has 2 atom stereocenters. The molecule has 6 heteroatoms. The van der Waals surface area contributed by atoms with Gasteiger partial charge in [-0.15, -0.1) is 0 Å². The molecule has 0 aliphatic carbocycles. The Morgan fingerprint density at radius 2 is 2.17 bits per heavy atom. The van der Waals surface area contributed by atoms with Crippen molar-refractivity contribution in [3.05, 3.63) is 33.8 Å². The van der Waals surface area contributed by atoms with Gasteiger partial charge in [0.25, 0.3) is 5.91 Å². The predicted molar refractivity (Wildman–Crippen MR) is 71.2 cm³/mol. The Morgan fingerprint density at radius 3 is 2.72 bits per heavy atom. The van der Waals surface area contributed by atoms with Gasteiger partial charge in [0.15, 0.2) is 0 Å². The smallest absolute Gasteiger partial charge is 0.255 e. The first kappa shape index (κ1) is 13.6. The van der Waals surface area contributed by atoms with Crippen LogP contribution in [0, 0.1) is 0 Å². The van der Waals surface area contributed by atoms with Crippen molar-refractivity contribution < 1.29 is 9.90 Å². The Bertz CT molecular complexity index is 467. The molecule has 1 saturated heterocycles. The molecule has 0 spiro atoms. The van der Waals surface area contributed by atoms with E-state index in [1.54, 1.807) is 19.2 Å². The van der Waals surface area contributed by atoms with Crippen LogP contribution in [0.4, 0.5) is 0 Å². The Balaban J connectivity index is 2.20. The molecule has 2 rings (SSSR count). The monoisotopic (exact) mass is 288 g/mol. The number of benzene rings is 1. The summed E-state index contributed by atoms with van der Waals surface area (Å²) in [6.07, 6.45) is -0.551. The molecular weight excluding hydrogens is 275 g/mol. The highest BCUT2D eigenvalue weighted by atomic mass is 35.5. The van der Waals surface area contributed by atoms with E-state index in [4.69, 9.17) is 23.2 Å². The Morgan fingerprint density at radius 1 is 1.44 bits per heavy atom. The molecule has 1 fully saturated rings. The molecule has 1 heterocycles. The number of β-amino-alcohol motifs (C(OH)–C–C–N with tert-alkyl or cyclic N) is 1. The van der Waals surface area contributed by atoms with Crippen molar-refractivity contribution in [2.45, 2.75) is 12.1 Å². The fourth-order valence-electron chi connectivity index (χ4n) is 2.05. The second-order valence-electron chi connectivity index (χ2n) is 4.33. The second kappa shape index (κ2) is 5.45. The van der Waals surface area contributed by atoms with Crippen molar-refractivity contribution in [3.8, 4) is 0 Å². The third-order valence-electron chi connectivity index (χ3n) is 3.13. The van der Waals surface area contributed by atoms with Crippen LogP contribution in [0.5, 0.6) is 0 Å². The molecule has 2 N–H and O–H groups in total. The minimum Gasteiger partial charge on any atom is -0.390 e. The molecule has 1 aliphatic rings. The molecule has 0 unspecified atom stereocenters. The lowest BCUT2D eigenvalue weighted by Crippen LogP contribution is -2.44. The summed E-state index contributed by atoms with van der Waals surface area (Å²) in [4.78, 5) is 13.8. The number of carbonyl (C=O) groups excluding carboxylic acids is 1. The lowest BCUT2D eigenvalue weighted by molar-refractivity contribution is 0.0581. The summed E-state index contributed by atoms with van der Waals surface area (Å²) < 4.78 is 0. The van der Waals surface area contributed by atoms with E-state index in [2.05, 4.69) is 5.32 Å². The minimum atomic E-state index is -0.551. The van der Waals surface area contributed by atoms with Crippen molar-refractivity contribution in [2.75, 3.05) is 20.1 Å². The topological polar surface area (TPSA) is 52.6 Å². The summed E-state index contributed by atoms with van der Waals surface area (Å²) >= 11 is 11.8. The summed E-state index contributed by atoms with van der Waals surface area (Å²) in [6.45, 7) is 1.07. The maximum Gasteiger partial charge on any atom is 0.255 e. The average Bonchev–Trinajstić information content (AvgIpc) is 2.74. The highest BCUT2D eigenvalue weighted by Gasteiger charge is 2.32. The summed E-state index contributed by atoms with van der Waals surface area (Å²) in [5.41, 5.74) is 0.391. The van der Waals surface area contributed by atoms with Crippen LogP contribution in [-0.2, 0) is 0 Å². The van der Waals surface area contributed by atoms with E-state index < -0.39 is 6.10 Å². The zero-order valence-electron chi connectivity index (χ0n) is 9.86. The first-order valence-corrected chi connectivity index (χ1v) is 6.37. The van der Waals surface area contributed by atoms with Crippen molar-refractivity contribution in [2.24, 2.45) is 0 Å². The standard InChI is InChI=1S/C12H14Cl2N2O2/c1-16(10-5-15-6-11(10)17)12(18)8-3-2-7(13)4-9(8)14/h2-4,10-11,15,17H,5-6H2,1H3/t10-,11-/m0/s1. The molecule has 0 bridgehead atoms. The van der Waals surface area contributed by atoms with E-state index in [0.717, 1.165) is 0 Å². The molecule has 1 aliphatic heterocycles. The Labute approximate surface area is 115 Å². The van der Waals surface area contributed by atoms with Gasteiger partial charge in [-0.2, -0.15) is 0 Å². The zero-order chi connectivity index (χ0) is 13.3. The molecule has 1 aromatic carbocycles. The average molecular weight is 289 g/mol. The van der Waals surface area contributed by atoms with Crippen molar-refractivity contribution >= 4 is 29.1 Å². The van der Waals surface area contributed by atoms with Gasteiger partial charge in [0.05, 0.1) is 22.7 Å². The number of carbonyl (C=O) groups is 1. The van der Waals surface area contributed by atoms with Gasteiger partial charge in [-0.25, -0.2) is 0 Å². The summed E-state index contributed by atoms with van der Waals surface area (Å²) in [7, 11) is 1.66. The summed E-state index contributed by atoms with van der Waals surface area (Å²) in [5, 5.41) is 13.6. The fraction of sp³-hybridized carbons (Fsp3) is 0.417. The van der Waals surface area contributed by atoms with Gasteiger partial charge in [-0.05, 0) is 18.2 Å². The number of hydrogen-bond donors (Lipinski definition) is 2. The van der Waals surface area contributed by atoms with E-state index in [9.17, 15) is 9.90 Å². The number of nitrogens with zero attached hydrogens (tertiary/aromatic N) is 1. The van der Waals surface area contributed by atoms with Crippen LogP contribution in [0.1, 0.15) is 10.4 Å². The van der Waals surface area contributed by atoms with Crippen LogP contribution < -0.4 is 5.32 Å². The fourth-order valence-corrected chi connectivity index (χ4v) is 2.54. The second-order valence-corrected chi connectivity index (χ2v) is 5.18. The van der Waals surface area contributed by atoms with Crippen molar-refractivity contribution in [3.63, 3.8) is 0 Å². The van der Waals surface area contributed by atoms with Gasteiger partial charge in [-0.3, -0.25) is 4.79 Å². The number of nitrogens with one attached hydrogen (secondary N) is 1. The van der Waals surface area contributed by atoms with E-state index in [-0.39, 0.29) is 11.9 Å². The number of aliphatic hydroxyl groups is 1. The molecule has 0 saturated carbocycles. The third kappa shape index (κ3) is 2.62. The third-order valence-corrected chi connectivity index (χ3v) is 3.68. The van der Waals surface area contributed by atoms with E-state index >= 15 is 0 Å². The summed E-state index contributed by atoms with van der Waals surface area (Å²) in [6, 6.07) is 4.52. The van der Waals surface area contributed by atoms with Crippen LogP contribution in [0.3, 0.4) is 0 Å². The first-order chi connectivity index (χ1) is 8.50. The lowest BCUT2D eigenvalue weighted by Gasteiger charge is -2.26. The number of amides is 1. The Hall–Kier alpha value is -0.810. The largest absolute Gasteiger partial charge is 0.390 e. The molecule has 0 radical (unpaired) electrons. The van der Waals surface area contributed by atoms with Gasteiger partial charge in [0, 0.05) is 25.2 Å². The highest BCUT2D eigenvalue weighted by molar-refractivity contribution is 6.36. The molecular formula is C12H14Cl2N2O2. The molecule has 98 valence electrons.